The van der Waals surface area contributed by atoms with Crippen LogP contribution in [0.25, 0.3) is 0 Å². The highest BCUT2D eigenvalue weighted by Gasteiger charge is 2.35. The van der Waals surface area contributed by atoms with Crippen LogP contribution in [0.3, 0.4) is 0 Å². The lowest BCUT2D eigenvalue weighted by Crippen LogP contribution is -2.48. The standard InChI is InChI=1S/C26H24N4O6S/c1-2-29-22-17-18(7-12-24(22)37(35,36)23-6-4-3-5-21(23)26(29)32)25(31)28-15-13-27(14-16-28)19-8-10-20(11-9-19)30(33)34/h3-12,17H,2,13-16H2,1H3. The van der Waals surface area contributed by atoms with E-state index in [9.17, 15) is 28.1 Å². The topological polar surface area (TPSA) is 121 Å². The fourth-order valence-corrected chi connectivity index (χ4v) is 6.42. The van der Waals surface area contributed by atoms with Crippen molar-refractivity contribution in [3.63, 3.8) is 0 Å². The molecule has 0 atom stereocenters. The normalized spacial score (nSPS) is 16.6. The maximum Gasteiger partial charge on any atom is 0.269 e. The zero-order valence-electron chi connectivity index (χ0n) is 20.0. The van der Waals surface area contributed by atoms with Gasteiger partial charge in [0.2, 0.25) is 9.84 Å². The fraction of sp³-hybridized carbons (Fsp3) is 0.231. The van der Waals surface area contributed by atoms with Gasteiger partial charge in [-0.3, -0.25) is 19.7 Å². The zero-order valence-corrected chi connectivity index (χ0v) is 20.8. The van der Waals surface area contributed by atoms with Gasteiger partial charge < -0.3 is 14.7 Å². The molecule has 5 rings (SSSR count). The number of sulfone groups is 1. The Morgan fingerprint density at radius 3 is 2.27 bits per heavy atom. The van der Waals surface area contributed by atoms with Crippen LogP contribution < -0.4 is 9.80 Å². The molecule has 0 N–H and O–H groups in total. The van der Waals surface area contributed by atoms with Gasteiger partial charge in [-0.1, -0.05) is 12.1 Å². The summed E-state index contributed by atoms with van der Waals surface area (Å²) in [5.41, 5.74) is 1.46. The average Bonchev–Trinajstić information content (AvgIpc) is 2.99. The van der Waals surface area contributed by atoms with Crippen LogP contribution in [-0.2, 0) is 9.84 Å². The Hall–Kier alpha value is -4.25. The van der Waals surface area contributed by atoms with Crippen LogP contribution in [0.15, 0.2) is 76.5 Å². The summed E-state index contributed by atoms with van der Waals surface area (Å²) < 4.78 is 26.8. The number of benzene rings is 3. The summed E-state index contributed by atoms with van der Waals surface area (Å²) in [5.74, 6) is -0.685. The Balaban J connectivity index is 1.40. The van der Waals surface area contributed by atoms with Gasteiger partial charge in [-0.05, 0) is 49.4 Å². The van der Waals surface area contributed by atoms with E-state index in [1.54, 1.807) is 36.1 Å². The Bertz CT molecular complexity index is 1510. The van der Waals surface area contributed by atoms with Gasteiger partial charge in [0.15, 0.2) is 0 Å². The van der Waals surface area contributed by atoms with Crippen LogP contribution in [0.2, 0.25) is 0 Å². The van der Waals surface area contributed by atoms with Crippen molar-refractivity contribution in [1.29, 1.82) is 0 Å². The molecule has 2 heterocycles. The van der Waals surface area contributed by atoms with E-state index in [0.29, 0.717) is 31.7 Å². The fourth-order valence-electron chi connectivity index (χ4n) is 4.79. The molecule has 0 radical (unpaired) electrons. The van der Waals surface area contributed by atoms with Gasteiger partial charge in [0.1, 0.15) is 0 Å². The van der Waals surface area contributed by atoms with Gasteiger partial charge in [0, 0.05) is 56.1 Å². The quantitative estimate of drug-likeness (QED) is 0.382. The molecule has 0 unspecified atom stereocenters. The summed E-state index contributed by atoms with van der Waals surface area (Å²) in [6.07, 6.45) is 0. The minimum atomic E-state index is -3.96. The number of hydrogen-bond acceptors (Lipinski definition) is 7. The third-order valence-corrected chi connectivity index (χ3v) is 8.61. The largest absolute Gasteiger partial charge is 0.368 e. The van der Waals surface area contributed by atoms with Crippen molar-refractivity contribution in [3.05, 3.63) is 88.0 Å². The number of carbonyl (C=O) groups excluding carboxylic acids is 2. The first kappa shape index (κ1) is 24.4. The Kier molecular flexibility index (Phi) is 6.16. The molecule has 11 heteroatoms. The van der Waals surface area contributed by atoms with Crippen LogP contribution in [0.1, 0.15) is 27.6 Å². The number of amides is 2. The molecule has 0 aromatic heterocycles. The maximum atomic E-state index is 13.4. The van der Waals surface area contributed by atoms with Gasteiger partial charge in [-0.15, -0.1) is 0 Å². The molecule has 0 saturated carbocycles. The number of carbonyl (C=O) groups is 2. The highest BCUT2D eigenvalue weighted by Crippen LogP contribution is 2.37. The summed E-state index contributed by atoms with van der Waals surface area (Å²) in [7, 11) is -3.96. The van der Waals surface area contributed by atoms with E-state index in [0.717, 1.165) is 5.69 Å². The number of hydrogen-bond donors (Lipinski definition) is 0. The van der Waals surface area contributed by atoms with Crippen LogP contribution >= 0.6 is 0 Å². The molecule has 2 aliphatic heterocycles. The van der Waals surface area contributed by atoms with Crippen molar-refractivity contribution in [2.75, 3.05) is 42.5 Å². The first-order valence-electron chi connectivity index (χ1n) is 11.8. The van der Waals surface area contributed by atoms with Gasteiger partial charge in [-0.25, -0.2) is 8.42 Å². The molecule has 2 aliphatic rings. The molecule has 3 aromatic rings. The molecule has 0 aliphatic carbocycles. The van der Waals surface area contributed by atoms with Crippen molar-refractivity contribution in [1.82, 2.24) is 4.90 Å². The molecule has 0 spiro atoms. The van der Waals surface area contributed by atoms with Crippen molar-refractivity contribution < 1.29 is 22.9 Å². The molecule has 0 bridgehead atoms. The minimum Gasteiger partial charge on any atom is -0.368 e. The Morgan fingerprint density at radius 1 is 0.946 bits per heavy atom. The first-order valence-corrected chi connectivity index (χ1v) is 13.3. The second-order valence-corrected chi connectivity index (χ2v) is 10.7. The van der Waals surface area contributed by atoms with E-state index in [4.69, 9.17) is 0 Å². The maximum absolute atomic E-state index is 13.4. The highest BCUT2D eigenvalue weighted by molar-refractivity contribution is 7.91. The number of nitro benzene ring substituents is 1. The SMILES string of the molecule is CCN1C(=O)c2ccccc2S(=O)(=O)c2ccc(C(=O)N3CCN(c4ccc([N+](=O)[O-])cc4)CC3)cc21. The summed E-state index contributed by atoms with van der Waals surface area (Å²) >= 11 is 0. The molecule has 3 aromatic carbocycles. The summed E-state index contributed by atoms with van der Waals surface area (Å²) in [6, 6.07) is 16.8. The minimum absolute atomic E-state index is 0.00723. The van der Waals surface area contributed by atoms with Gasteiger partial charge >= 0.3 is 0 Å². The third-order valence-electron chi connectivity index (χ3n) is 6.75. The van der Waals surface area contributed by atoms with Gasteiger partial charge in [-0.2, -0.15) is 0 Å². The molecule has 1 fully saturated rings. The number of piperazine rings is 1. The number of nitrogens with zero attached hydrogens (tertiary/aromatic N) is 4. The number of fused-ring (bicyclic) bond motifs is 2. The van der Waals surface area contributed by atoms with E-state index in [1.807, 2.05) is 4.90 Å². The predicted octanol–water partition coefficient (Wildman–Crippen LogP) is 3.37. The first-order chi connectivity index (χ1) is 17.7. The molecule has 190 valence electrons. The van der Waals surface area contributed by atoms with Crippen molar-refractivity contribution >= 4 is 38.7 Å². The summed E-state index contributed by atoms with van der Waals surface area (Å²) in [5, 5.41) is 10.9. The van der Waals surface area contributed by atoms with E-state index < -0.39 is 20.7 Å². The number of rotatable bonds is 4. The number of nitro groups is 1. The number of anilines is 2. The second kappa shape index (κ2) is 9.32. The van der Waals surface area contributed by atoms with Crippen LogP contribution in [0.4, 0.5) is 17.1 Å². The van der Waals surface area contributed by atoms with Crippen molar-refractivity contribution in [2.45, 2.75) is 16.7 Å². The van der Waals surface area contributed by atoms with Gasteiger partial charge in [0.05, 0.1) is 26.0 Å². The van der Waals surface area contributed by atoms with Crippen molar-refractivity contribution in [3.8, 4) is 0 Å². The van der Waals surface area contributed by atoms with Crippen LogP contribution in [-0.4, -0.2) is 62.8 Å². The highest BCUT2D eigenvalue weighted by atomic mass is 32.2. The summed E-state index contributed by atoms with van der Waals surface area (Å²) in [6.45, 7) is 3.92. The Morgan fingerprint density at radius 2 is 1.62 bits per heavy atom. The molecule has 2 amide bonds. The lowest BCUT2D eigenvalue weighted by molar-refractivity contribution is -0.384. The van der Waals surface area contributed by atoms with E-state index in [1.165, 1.54) is 47.4 Å². The molecule has 1 saturated heterocycles. The lowest BCUT2D eigenvalue weighted by Gasteiger charge is -2.36. The second-order valence-electron chi connectivity index (χ2n) is 8.78. The average molecular weight is 521 g/mol. The lowest BCUT2D eigenvalue weighted by atomic mass is 10.1. The van der Waals surface area contributed by atoms with Gasteiger partial charge in [0.25, 0.3) is 17.5 Å². The summed E-state index contributed by atoms with van der Waals surface area (Å²) in [4.78, 5) is 42.1. The monoisotopic (exact) mass is 520 g/mol. The van der Waals surface area contributed by atoms with E-state index >= 15 is 0 Å². The molecular weight excluding hydrogens is 496 g/mol. The van der Waals surface area contributed by atoms with Crippen molar-refractivity contribution in [2.24, 2.45) is 0 Å². The van der Waals surface area contributed by atoms with Crippen LogP contribution in [0.5, 0.6) is 0 Å². The molecular formula is C26H24N4O6S. The Labute approximate surface area is 213 Å². The molecule has 10 nitrogen and oxygen atoms in total. The third kappa shape index (κ3) is 4.20. The predicted molar refractivity (Wildman–Crippen MR) is 137 cm³/mol. The smallest absolute Gasteiger partial charge is 0.269 e. The zero-order chi connectivity index (χ0) is 26.3. The van der Waals surface area contributed by atoms with Crippen LogP contribution in [0, 0.1) is 10.1 Å². The van der Waals surface area contributed by atoms with E-state index in [-0.39, 0.29) is 39.2 Å². The number of non-ortho nitro benzene ring substituents is 1. The molecule has 37 heavy (non-hydrogen) atoms. The van der Waals surface area contributed by atoms with E-state index in [2.05, 4.69) is 0 Å².